The number of aliphatic imine (C=N–C) groups is 1. The number of hydrogen-bond donors (Lipinski definition) is 3. The summed E-state index contributed by atoms with van der Waals surface area (Å²) in [5, 5.41) is 3.44. The number of rotatable bonds is 5. The van der Waals surface area contributed by atoms with E-state index in [0.29, 0.717) is 19.6 Å². The molecule has 0 fully saturated rings. The second-order valence-corrected chi connectivity index (χ2v) is 6.88. The summed E-state index contributed by atoms with van der Waals surface area (Å²) in [6.45, 7) is 3.34. The number of ether oxygens (including phenoxy) is 1. The third-order valence-electron chi connectivity index (χ3n) is 5.11. The van der Waals surface area contributed by atoms with Crippen LogP contribution in [0, 0.1) is 5.92 Å². The summed E-state index contributed by atoms with van der Waals surface area (Å²) in [6, 6.07) is 0. The van der Waals surface area contributed by atoms with Crippen LogP contribution in [0.15, 0.2) is 46.4 Å². The molecule has 1 aromatic rings. The van der Waals surface area contributed by atoms with Crippen LogP contribution in [-0.2, 0) is 9.53 Å². The number of allylic oxidation sites excluding steroid dienone is 3. The summed E-state index contributed by atoms with van der Waals surface area (Å²) < 4.78 is 5.85. The van der Waals surface area contributed by atoms with E-state index in [9.17, 15) is 4.79 Å². The van der Waals surface area contributed by atoms with E-state index in [1.54, 1.807) is 6.21 Å². The Balaban J connectivity index is 1.67. The number of primary amides is 1. The molecular weight excluding hydrogens is 340 g/mol. The summed E-state index contributed by atoms with van der Waals surface area (Å²) in [5.41, 5.74) is 11.0. The lowest BCUT2D eigenvalue weighted by atomic mass is 9.89. The largest absolute Gasteiger partial charge is 0.494 e. The maximum absolute atomic E-state index is 11.5. The van der Waals surface area contributed by atoms with Crippen LogP contribution in [0.25, 0.3) is 11.6 Å². The van der Waals surface area contributed by atoms with Gasteiger partial charge in [-0.25, -0.2) is 0 Å². The van der Waals surface area contributed by atoms with Gasteiger partial charge in [0.25, 0.3) is 0 Å². The monoisotopic (exact) mass is 364 g/mol. The van der Waals surface area contributed by atoms with E-state index < -0.39 is 0 Å². The molecule has 0 radical (unpaired) electrons. The van der Waals surface area contributed by atoms with E-state index in [1.165, 1.54) is 0 Å². The highest BCUT2D eigenvalue weighted by Crippen LogP contribution is 2.38. The van der Waals surface area contributed by atoms with Gasteiger partial charge in [-0.15, -0.1) is 0 Å². The number of nitrogens with two attached hydrogens (primary N) is 1. The van der Waals surface area contributed by atoms with Crippen molar-refractivity contribution in [3.63, 3.8) is 0 Å². The number of anilines is 1. The maximum Gasteiger partial charge on any atom is 0.226 e. The standard InChI is InChI=1S/C21H24N4O2/c1-2-27-19-6-4-3-5-16(19)18-12-25-21-17(18)8-14(11-24-21)13-7-15(20(22)26)10-23-9-13/h5-6,8-10,12,15,24-25H,2-4,7,11H2,1H3,(H2,22,26). The molecule has 6 heteroatoms. The molecule has 0 saturated carbocycles. The van der Waals surface area contributed by atoms with E-state index in [1.807, 2.05) is 19.3 Å². The summed E-state index contributed by atoms with van der Waals surface area (Å²) >= 11 is 0. The van der Waals surface area contributed by atoms with Crippen molar-refractivity contribution < 1.29 is 9.53 Å². The SMILES string of the molecule is CCOC1=CCCC=C1c1c[nH]c2c1C=C(C1=CN=CC(C(N)=O)C1)CN2. The fraction of sp³-hybridized carbons (Fsp3) is 0.333. The van der Waals surface area contributed by atoms with Crippen LogP contribution < -0.4 is 11.1 Å². The normalized spacial score (nSPS) is 21.3. The minimum Gasteiger partial charge on any atom is -0.494 e. The van der Waals surface area contributed by atoms with Gasteiger partial charge < -0.3 is 20.8 Å². The molecule has 4 rings (SSSR count). The lowest BCUT2D eigenvalue weighted by Crippen LogP contribution is -2.27. The highest BCUT2D eigenvalue weighted by atomic mass is 16.5. The molecule has 6 nitrogen and oxygen atoms in total. The first-order chi connectivity index (χ1) is 13.2. The molecule has 0 spiro atoms. The van der Waals surface area contributed by atoms with Crippen molar-refractivity contribution in [3.05, 3.63) is 52.6 Å². The van der Waals surface area contributed by atoms with Gasteiger partial charge >= 0.3 is 0 Å². The second-order valence-electron chi connectivity index (χ2n) is 6.88. The van der Waals surface area contributed by atoms with E-state index in [2.05, 4.69) is 33.5 Å². The summed E-state index contributed by atoms with van der Waals surface area (Å²) in [5.74, 6) is 1.27. The third kappa shape index (κ3) is 3.35. The minimum absolute atomic E-state index is 0.337. The van der Waals surface area contributed by atoms with Gasteiger partial charge in [-0.3, -0.25) is 9.79 Å². The Hall–Kier alpha value is -3.02. The topological polar surface area (TPSA) is 92.5 Å². The predicted octanol–water partition coefficient (Wildman–Crippen LogP) is 3.38. The van der Waals surface area contributed by atoms with E-state index in [4.69, 9.17) is 10.5 Å². The van der Waals surface area contributed by atoms with Gasteiger partial charge in [0.1, 0.15) is 11.6 Å². The summed E-state index contributed by atoms with van der Waals surface area (Å²) in [7, 11) is 0. The first-order valence-corrected chi connectivity index (χ1v) is 9.39. The fourth-order valence-electron chi connectivity index (χ4n) is 3.72. The Morgan fingerprint density at radius 3 is 3.00 bits per heavy atom. The van der Waals surface area contributed by atoms with Gasteiger partial charge in [-0.1, -0.05) is 6.08 Å². The molecule has 0 saturated heterocycles. The molecule has 1 aliphatic carbocycles. The Kier molecular flexibility index (Phi) is 4.71. The van der Waals surface area contributed by atoms with Gasteiger partial charge in [0, 0.05) is 41.9 Å². The van der Waals surface area contributed by atoms with Gasteiger partial charge in [0.05, 0.1) is 12.5 Å². The maximum atomic E-state index is 11.5. The zero-order valence-corrected chi connectivity index (χ0v) is 15.4. The summed E-state index contributed by atoms with van der Waals surface area (Å²) in [6.07, 6.45) is 14.7. The molecule has 2 aliphatic heterocycles. The first kappa shape index (κ1) is 17.4. The molecule has 4 N–H and O–H groups in total. The Morgan fingerprint density at radius 2 is 2.19 bits per heavy atom. The molecule has 140 valence electrons. The quantitative estimate of drug-likeness (QED) is 0.748. The van der Waals surface area contributed by atoms with Crippen molar-refractivity contribution in [3.8, 4) is 0 Å². The van der Waals surface area contributed by atoms with E-state index in [0.717, 1.165) is 52.3 Å². The number of carbonyl (C=O) groups is 1. The van der Waals surface area contributed by atoms with Crippen molar-refractivity contribution in [1.29, 1.82) is 0 Å². The molecular formula is C21H24N4O2. The first-order valence-electron chi connectivity index (χ1n) is 9.39. The lowest BCUT2D eigenvalue weighted by Gasteiger charge is -2.23. The Labute approximate surface area is 158 Å². The molecule has 27 heavy (non-hydrogen) atoms. The predicted molar refractivity (Wildman–Crippen MR) is 108 cm³/mol. The van der Waals surface area contributed by atoms with Crippen LogP contribution in [0.5, 0.6) is 0 Å². The zero-order chi connectivity index (χ0) is 18.8. The molecule has 1 unspecified atom stereocenters. The molecule has 1 atom stereocenters. The van der Waals surface area contributed by atoms with Crippen molar-refractivity contribution >= 4 is 29.6 Å². The number of aromatic amines is 1. The highest BCUT2D eigenvalue weighted by molar-refractivity contribution is 5.94. The van der Waals surface area contributed by atoms with Gasteiger partial charge in [-0.2, -0.15) is 0 Å². The minimum atomic E-state index is -0.341. The molecule has 3 heterocycles. The van der Waals surface area contributed by atoms with Crippen LogP contribution in [0.2, 0.25) is 0 Å². The number of amides is 1. The Bertz CT molecular complexity index is 915. The van der Waals surface area contributed by atoms with Crippen molar-refractivity contribution in [2.45, 2.75) is 26.2 Å². The van der Waals surface area contributed by atoms with Crippen LogP contribution in [0.4, 0.5) is 5.82 Å². The van der Waals surface area contributed by atoms with Crippen LogP contribution in [0.1, 0.15) is 37.3 Å². The highest BCUT2D eigenvalue weighted by Gasteiger charge is 2.25. The van der Waals surface area contributed by atoms with Gasteiger partial charge in [-0.05, 0) is 49.5 Å². The number of carbonyl (C=O) groups excluding carboxylic acids is 1. The number of aromatic nitrogens is 1. The van der Waals surface area contributed by atoms with Gasteiger partial charge in [0.15, 0.2) is 0 Å². The van der Waals surface area contributed by atoms with E-state index >= 15 is 0 Å². The zero-order valence-electron chi connectivity index (χ0n) is 15.4. The van der Waals surface area contributed by atoms with Crippen molar-refractivity contribution in [2.24, 2.45) is 16.6 Å². The van der Waals surface area contributed by atoms with E-state index in [-0.39, 0.29) is 11.8 Å². The van der Waals surface area contributed by atoms with Crippen LogP contribution >= 0.6 is 0 Å². The average molecular weight is 364 g/mol. The van der Waals surface area contributed by atoms with Crippen molar-refractivity contribution in [1.82, 2.24) is 4.98 Å². The number of H-pyrrole nitrogens is 1. The van der Waals surface area contributed by atoms with Gasteiger partial charge in [0.2, 0.25) is 5.91 Å². The lowest BCUT2D eigenvalue weighted by molar-refractivity contribution is -0.119. The summed E-state index contributed by atoms with van der Waals surface area (Å²) in [4.78, 5) is 19.1. The second kappa shape index (κ2) is 7.31. The van der Waals surface area contributed by atoms with Crippen LogP contribution in [-0.4, -0.2) is 30.3 Å². The number of hydrogen-bond acceptors (Lipinski definition) is 4. The van der Waals surface area contributed by atoms with Crippen molar-refractivity contribution in [2.75, 3.05) is 18.5 Å². The number of nitrogens with zero attached hydrogens (tertiary/aromatic N) is 1. The van der Waals surface area contributed by atoms with Crippen LogP contribution in [0.3, 0.4) is 0 Å². The Morgan fingerprint density at radius 1 is 1.33 bits per heavy atom. The average Bonchev–Trinajstić information content (AvgIpc) is 3.12. The number of nitrogens with one attached hydrogen (secondary N) is 2. The smallest absolute Gasteiger partial charge is 0.226 e. The fourth-order valence-corrected chi connectivity index (χ4v) is 3.72. The molecule has 0 aromatic carbocycles. The third-order valence-corrected chi connectivity index (χ3v) is 5.11. The molecule has 3 aliphatic rings. The molecule has 1 amide bonds. The number of fused-ring (bicyclic) bond motifs is 1. The molecule has 0 bridgehead atoms. The molecule has 1 aromatic heterocycles.